The average Bonchev–Trinajstić information content (AvgIpc) is 2.76. The van der Waals surface area contributed by atoms with Gasteiger partial charge < -0.3 is 10.2 Å². The average molecular weight is 399 g/mol. The molecule has 0 unspecified atom stereocenters. The molecule has 0 aliphatic rings. The SMILES string of the molecule is Oc1ccccc1-c1ccc(CSCc2ccc(-c3ccccc3O)cc2)cc1. The first-order valence-electron chi connectivity index (χ1n) is 9.53. The molecule has 2 N–H and O–H groups in total. The van der Waals surface area contributed by atoms with E-state index in [0.717, 1.165) is 33.8 Å². The highest BCUT2D eigenvalue weighted by molar-refractivity contribution is 7.97. The van der Waals surface area contributed by atoms with Crippen molar-refractivity contribution in [1.29, 1.82) is 0 Å². The molecular weight excluding hydrogens is 376 g/mol. The monoisotopic (exact) mass is 398 g/mol. The van der Waals surface area contributed by atoms with E-state index in [1.54, 1.807) is 12.1 Å². The molecule has 29 heavy (non-hydrogen) atoms. The molecule has 0 bridgehead atoms. The summed E-state index contributed by atoms with van der Waals surface area (Å²) < 4.78 is 0. The molecule has 0 saturated carbocycles. The summed E-state index contributed by atoms with van der Waals surface area (Å²) in [7, 11) is 0. The number of rotatable bonds is 6. The Kier molecular flexibility index (Phi) is 5.87. The third-order valence-electron chi connectivity index (χ3n) is 4.88. The van der Waals surface area contributed by atoms with Gasteiger partial charge in [0.25, 0.3) is 0 Å². The van der Waals surface area contributed by atoms with Crippen LogP contribution in [0, 0.1) is 0 Å². The highest BCUT2D eigenvalue weighted by Gasteiger charge is 2.05. The first kappa shape index (κ1) is 19.2. The van der Waals surface area contributed by atoms with Gasteiger partial charge in [0.1, 0.15) is 11.5 Å². The van der Waals surface area contributed by atoms with Crippen LogP contribution >= 0.6 is 11.8 Å². The topological polar surface area (TPSA) is 40.5 Å². The van der Waals surface area contributed by atoms with Crippen molar-refractivity contribution >= 4 is 11.8 Å². The third-order valence-corrected chi connectivity index (χ3v) is 5.95. The molecule has 0 fully saturated rings. The van der Waals surface area contributed by atoms with Gasteiger partial charge in [0.2, 0.25) is 0 Å². The summed E-state index contributed by atoms with van der Waals surface area (Å²) in [6.45, 7) is 0. The van der Waals surface area contributed by atoms with E-state index in [2.05, 4.69) is 48.5 Å². The normalized spacial score (nSPS) is 10.8. The lowest BCUT2D eigenvalue weighted by atomic mass is 10.0. The van der Waals surface area contributed by atoms with Gasteiger partial charge in [-0.15, -0.1) is 0 Å². The van der Waals surface area contributed by atoms with Gasteiger partial charge in [0.05, 0.1) is 0 Å². The van der Waals surface area contributed by atoms with Crippen LogP contribution in [0.2, 0.25) is 0 Å². The van der Waals surface area contributed by atoms with Gasteiger partial charge in [0.15, 0.2) is 0 Å². The fourth-order valence-corrected chi connectivity index (χ4v) is 4.24. The van der Waals surface area contributed by atoms with Gasteiger partial charge in [-0.2, -0.15) is 11.8 Å². The molecule has 2 nitrogen and oxygen atoms in total. The Bertz CT molecular complexity index is 997. The van der Waals surface area contributed by atoms with Crippen molar-refractivity contribution < 1.29 is 10.2 Å². The van der Waals surface area contributed by atoms with Crippen LogP contribution in [-0.2, 0) is 11.5 Å². The quantitative estimate of drug-likeness (QED) is 0.372. The number of para-hydroxylation sites is 2. The smallest absolute Gasteiger partial charge is 0.123 e. The van der Waals surface area contributed by atoms with E-state index in [-0.39, 0.29) is 0 Å². The zero-order valence-electron chi connectivity index (χ0n) is 16.0. The Labute approximate surface area is 175 Å². The fraction of sp³-hybridized carbons (Fsp3) is 0.0769. The Morgan fingerprint density at radius 2 is 0.862 bits per heavy atom. The molecule has 0 heterocycles. The third kappa shape index (κ3) is 4.64. The van der Waals surface area contributed by atoms with Crippen LogP contribution in [0.1, 0.15) is 11.1 Å². The minimum Gasteiger partial charge on any atom is -0.507 e. The number of thioether (sulfide) groups is 1. The van der Waals surface area contributed by atoms with E-state index >= 15 is 0 Å². The van der Waals surface area contributed by atoms with Crippen molar-refractivity contribution in [1.82, 2.24) is 0 Å². The minimum absolute atomic E-state index is 0.307. The predicted octanol–water partition coefficient (Wildman–Crippen LogP) is 6.87. The first-order chi connectivity index (χ1) is 14.2. The van der Waals surface area contributed by atoms with Gasteiger partial charge in [-0.05, 0) is 34.4 Å². The summed E-state index contributed by atoms with van der Waals surface area (Å²) in [6.07, 6.45) is 0. The molecule has 0 aliphatic carbocycles. The second kappa shape index (κ2) is 8.89. The van der Waals surface area contributed by atoms with Gasteiger partial charge in [-0.25, -0.2) is 0 Å². The molecule has 4 aromatic carbocycles. The van der Waals surface area contributed by atoms with Crippen LogP contribution in [-0.4, -0.2) is 10.2 Å². The largest absolute Gasteiger partial charge is 0.507 e. The fourth-order valence-electron chi connectivity index (χ4n) is 3.28. The maximum Gasteiger partial charge on any atom is 0.123 e. The molecule has 0 spiro atoms. The van der Waals surface area contributed by atoms with Crippen LogP contribution in [0.5, 0.6) is 11.5 Å². The molecule has 0 aliphatic heterocycles. The number of benzene rings is 4. The lowest BCUT2D eigenvalue weighted by molar-refractivity contribution is 0.477. The van der Waals surface area contributed by atoms with E-state index in [9.17, 15) is 10.2 Å². The molecule has 144 valence electrons. The van der Waals surface area contributed by atoms with Crippen LogP contribution in [0.3, 0.4) is 0 Å². The van der Waals surface area contributed by atoms with E-state index in [1.165, 1.54) is 11.1 Å². The van der Waals surface area contributed by atoms with E-state index < -0.39 is 0 Å². The van der Waals surface area contributed by atoms with Gasteiger partial charge in [-0.1, -0.05) is 84.9 Å². The zero-order valence-corrected chi connectivity index (χ0v) is 16.8. The Morgan fingerprint density at radius 3 is 1.24 bits per heavy atom. The number of hydrogen-bond donors (Lipinski definition) is 2. The Hall–Kier alpha value is -3.17. The van der Waals surface area contributed by atoms with E-state index in [1.807, 2.05) is 48.2 Å². The zero-order chi connectivity index (χ0) is 20.1. The number of aromatic hydroxyl groups is 2. The van der Waals surface area contributed by atoms with Gasteiger partial charge in [0, 0.05) is 22.6 Å². The van der Waals surface area contributed by atoms with Crippen LogP contribution in [0.15, 0.2) is 97.1 Å². The molecule has 0 saturated heterocycles. The predicted molar refractivity (Wildman–Crippen MR) is 122 cm³/mol. The first-order valence-corrected chi connectivity index (χ1v) is 10.7. The van der Waals surface area contributed by atoms with Crippen molar-refractivity contribution in [3.05, 3.63) is 108 Å². The molecule has 0 amide bonds. The summed E-state index contributed by atoms with van der Waals surface area (Å²) in [5.74, 6) is 2.48. The van der Waals surface area contributed by atoms with Crippen molar-refractivity contribution in [3.8, 4) is 33.8 Å². The molecule has 0 aromatic heterocycles. The maximum absolute atomic E-state index is 9.99. The second-order valence-electron chi connectivity index (χ2n) is 6.92. The molecule has 0 atom stereocenters. The highest BCUT2D eigenvalue weighted by atomic mass is 32.2. The Morgan fingerprint density at radius 1 is 0.483 bits per heavy atom. The van der Waals surface area contributed by atoms with Crippen LogP contribution in [0.25, 0.3) is 22.3 Å². The second-order valence-corrected chi connectivity index (χ2v) is 7.91. The minimum atomic E-state index is 0.307. The van der Waals surface area contributed by atoms with Crippen LogP contribution in [0.4, 0.5) is 0 Å². The molecular formula is C26H22O2S. The van der Waals surface area contributed by atoms with Crippen LogP contribution < -0.4 is 0 Å². The van der Waals surface area contributed by atoms with Crippen molar-refractivity contribution in [2.75, 3.05) is 0 Å². The van der Waals surface area contributed by atoms with Gasteiger partial charge in [-0.3, -0.25) is 0 Å². The number of phenols is 2. The summed E-state index contributed by atoms with van der Waals surface area (Å²) in [5.41, 5.74) is 6.29. The summed E-state index contributed by atoms with van der Waals surface area (Å²) in [5, 5.41) is 20.0. The van der Waals surface area contributed by atoms with E-state index in [4.69, 9.17) is 0 Å². The van der Waals surface area contributed by atoms with Crippen molar-refractivity contribution in [2.24, 2.45) is 0 Å². The summed E-state index contributed by atoms with van der Waals surface area (Å²) in [4.78, 5) is 0. The van der Waals surface area contributed by atoms with E-state index in [0.29, 0.717) is 11.5 Å². The van der Waals surface area contributed by atoms with Gasteiger partial charge >= 0.3 is 0 Å². The number of hydrogen-bond acceptors (Lipinski definition) is 3. The standard InChI is InChI=1S/C26H22O2S/c27-25-7-3-1-5-23(25)21-13-9-19(10-14-21)17-29-18-20-11-15-22(16-12-20)24-6-2-4-8-26(24)28/h1-16,27-28H,17-18H2. The summed E-state index contributed by atoms with van der Waals surface area (Å²) in [6, 6.07) is 31.5. The number of phenolic OH excluding ortho intramolecular Hbond substituents is 2. The molecule has 0 radical (unpaired) electrons. The molecule has 4 rings (SSSR count). The maximum atomic E-state index is 9.99. The molecule has 4 aromatic rings. The molecule has 3 heteroatoms. The Balaban J connectivity index is 1.34. The summed E-state index contributed by atoms with van der Waals surface area (Å²) >= 11 is 1.87. The highest BCUT2D eigenvalue weighted by Crippen LogP contribution is 2.31. The van der Waals surface area contributed by atoms with Crippen molar-refractivity contribution in [2.45, 2.75) is 11.5 Å². The lowest BCUT2D eigenvalue weighted by Crippen LogP contribution is -1.86. The van der Waals surface area contributed by atoms with Crippen molar-refractivity contribution in [3.63, 3.8) is 0 Å². The lowest BCUT2D eigenvalue weighted by Gasteiger charge is -2.08.